The smallest absolute Gasteiger partial charge is 0.261 e. The van der Waals surface area contributed by atoms with Crippen LogP contribution in [0.25, 0.3) is 16.9 Å². The van der Waals surface area contributed by atoms with Crippen LogP contribution in [0.15, 0.2) is 70.0 Å². The first kappa shape index (κ1) is 17.6. The third-order valence-corrected chi connectivity index (χ3v) is 5.90. The van der Waals surface area contributed by atoms with Gasteiger partial charge >= 0.3 is 0 Å². The van der Waals surface area contributed by atoms with Crippen LogP contribution in [0.1, 0.15) is 5.82 Å². The number of sulfonamides is 1. The fraction of sp³-hybridized carbons (Fsp3) is 0.0556. The maximum Gasteiger partial charge on any atom is 0.261 e. The fourth-order valence-electron chi connectivity index (χ4n) is 2.59. The number of nitrogens with zero attached hydrogens (tertiary/aromatic N) is 4. The lowest BCUT2D eigenvalue weighted by Crippen LogP contribution is -2.12. The normalized spacial score (nSPS) is 11.6. The molecule has 136 valence electrons. The standard InChI is InChI=1S/C18H14BrN5O2S/c1-12-20-21-18-11-10-17(22-24(12)18)13-2-6-15(7-3-13)23-27(25,26)16-8-4-14(19)5-9-16/h2-11,23H,1H3. The molecule has 4 aromatic rings. The first-order chi connectivity index (χ1) is 12.9. The van der Waals surface area contributed by atoms with E-state index in [2.05, 4.69) is 35.9 Å². The maximum absolute atomic E-state index is 12.5. The van der Waals surface area contributed by atoms with Crippen molar-refractivity contribution in [3.05, 3.63) is 71.0 Å². The van der Waals surface area contributed by atoms with E-state index < -0.39 is 10.0 Å². The summed E-state index contributed by atoms with van der Waals surface area (Å²) in [6.45, 7) is 1.83. The number of hydrogen-bond donors (Lipinski definition) is 1. The fourth-order valence-corrected chi connectivity index (χ4v) is 3.91. The van der Waals surface area contributed by atoms with E-state index in [1.807, 2.05) is 31.2 Å². The number of hydrogen-bond acceptors (Lipinski definition) is 5. The highest BCUT2D eigenvalue weighted by atomic mass is 79.9. The highest BCUT2D eigenvalue weighted by molar-refractivity contribution is 9.10. The Morgan fingerprint density at radius 3 is 2.33 bits per heavy atom. The van der Waals surface area contributed by atoms with Gasteiger partial charge in [-0.2, -0.15) is 9.61 Å². The average Bonchev–Trinajstić information content (AvgIpc) is 3.03. The summed E-state index contributed by atoms with van der Waals surface area (Å²) in [5.74, 6) is 0.700. The van der Waals surface area contributed by atoms with Gasteiger partial charge in [0.15, 0.2) is 11.5 Å². The van der Waals surface area contributed by atoms with Gasteiger partial charge < -0.3 is 0 Å². The van der Waals surface area contributed by atoms with Gasteiger partial charge in [0.2, 0.25) is 0 Å². The maximum atomic E-state index is 12.5. The lowest BCUT2D eigenvalue weighted by molar-refractivity contribution is 0.601. The van der Waals surface area contributed by atoms with Crippen molar-refractivity contribution < 1.29 is 8.42 Å². The number of aromatic nitrogens is 4. The molecule has 0 fully saturated rings. The average molecular weight is 444 g/mol. The zero-order valence-corrected chi connectivity index (χ0v) is 16.6. The summed E-state index contributed by atoms with van der Waals surface area (Å²) >= 11 is 3.30. The van der Waals surface area contributed by atoms with Crippen LogP contribution in [0.2, 0.25) is 0 Å². The highest BCUT2D eigenvalue weighted by Gasteiger charge is 2.14. The van der Waals surface area contributed by atoms with E-state index in [0.29, 0.717) is 17.2 Å². The topological polar surface area (TPSA) is 89.2 Å². The molecule has 0 bridgehead atoms. The van der Waals surface area contributed by atoms with E-state index in [9.17, 15) is 8.42 Å². The molecule has 9 heteroatoms. The van der Waals surface area contributed by atoms with Crippen LogP contribution in [0, 0.1) is 6.92 Å². The van der Waals surface area contributed by atoms with Crippen molar-refractivity contribution in [1.29, 1.82) is 0 Å². The molecule has 0 saturated carbocycles. The Morgan fingerprint density at radius 1 is 0.926 bits per heavy atom. The van der Waals surface area contributed by atoms with Crippen LogP contribution >= 0.6 is 15.9 Å². The molecular formula is C18H14BrN5O2S. The quantitative estimate of drug-likeness (QED) is 0.519. The van der Waals surface area contributed by atoms with Crippen LogP contribution in [0.4, 0.5) is 5.69 Å². The number of fused-ring (bicyclic) bond motifs is 1. The summed E-state index contributed by atoms with van der Waals surface area (Å²) in [7, 11) is -3.64. The Hall–Kier alpha value is -2.78. The summed E-state index contributed by atoms with van der Waals surface area (Å²) in [5.41, 5.74) is 2.75. The van der Waals surface area contributed by atoms with Crippen LogP contribution in [0.5, 0.6) is 0 Å². The van der Waals surface area contributed by atoms with Crippen molar-refractivity contribution in [1.82, 2.24) is 19.8 Å². The second-order valence-electron chi connectivity index (χ2n) is 5.87. The van der Waals surface area contributed by atoms with Gasteiger partial charge in [-0.15, -0.1) is 10.2 Å². The Morgan fingerprint density at radius 2 is 1.63 bits per heavy atom. The molecule has 0 aliphatic heterocycles. The van der Waals surface area contributed by atoms with E-state index in [1.165, 1.54) is 0 Å². The van der Waals surface area contributed by atoms with E-state index in [-0.39, 0.29) is 4.90 Å². The molecule has 0 aliphatic carbocycles. The SMILES string of the molecule is Cc1nnc2ccc(-c3ccc(NS(=O)(=O)c4ccc(Br)cc4)cc3)nn12. The molecule has 2 aromatic carbocycles. The third kappa shape index (κ3) is 3.56. The first-order valence-electron chi connectivity index (χ1n) is 8.00. The summed E-state index contributed by atoms with van der Waals surface area (Å²) in [4.78, 5) is 0.199. The van der Waals surface area contributed by atoms with Gasteiger partial charge in [0, 0.05) is 15.7 Å². The van der Waals surface area contributed by atoms with Gasteiger partial charge in [0.1, 0.15) is 0 Å². The van der Waals surface area contributed by atoms with Gasteiger partial charge in [-0.05, 0) is 55.5 Å². The molecule has 0 aliphatic rings. The van der Waals surface area contributed by atoms with E-state index in [0.717, 1.165) is 15.7 Å². The Balaban J connectivity index is 1.59. The summed E-state index contributed by atoms with van der Waals surface area (Å²) in [5, 5.41) is 12.5. The number of rotatable bonds is 4. The molecule has 2 heterocycles. The molecule has 0 unspecified atom stereocenters. The Bertz CT molecular complexity index is 1220. The van der Waals surface area contributed by atoms with E-state index in [1.54, 1.807) is 40.9 Å². The Labute approximate surface area is 164 Å². The largest absolute Gasteiger partial charge is 0.280 e. The molecule has 27 heavy (non-hydrogen) atoms. The van der Waals surface area contributed by atoms with E-state index in [4.69, 9.17) is 0 Å². The van der Waals surface area contributed by atoms with Crippen molar-refractivity contribution in [2.75, 3.05) is 4.72 Å². The highest BCUT2D eigenvalue weighted by Crippen LogP contribution is 2.22. The molecule has 0 atom stereocenters. The number of nitrogens with one attached hydrogen (secondary N) is 1. The van der Waals surface area contributed by atoms with Crippen LogP contribution < -0.4 is 4.72 Å². The molecule has 7 nitrogen and oxygen atoms in total. The van der Waals surface area contributed by atoms with Crippen molar-refractivity contribution in [2.24, 2.45) is 0 Å². The second kappa shape index (κ2) is 6.75. The van der Waals surface area contributed by atoms with Gasteiger partial charge in [-0.3, -0.25) is 4.72 Å². The zero-order chi connectivity index (χ0) is 19.0. The second-order valence-corrected chi connectivity index (χ2v) is 8.47. The molecule has 0 spiro atoms. The minimum Gasteiger partial charge on any atom is -0.280 e. The Kier molecular flexibility index (Phi) is 4.40. The molecular weight excluding hydrogens is 430 g/mol. The zero-order valence-electron chi connectivity index (χ0n) is 14.2. The van der Waals surface area contributed by atoms with E-state index >= 15 is 0 Å². The molecule has 0 saturated heterocycles. The lowest BCUT2D eigenvalue weighted by atomic mass is 10.1. The lowest BCUT2D eigenvalue weighted by Gasteiger charge is -2.09. The minimum absolute atomic E-state index is 0.199. The predicted molar refractivity (Wildman–Crippen MR) is 106 cm³/mol. The van der Waals surface area contributed by atoms with Gasteiger partial charge in [0.05, 0.1) is 10.6 Å². The summed E-state index contributed by atoms with van der Waals surface area (Å²) in [6, 6.07) is 17.2. The monoisotopic (exact) mass is 443 g/mol. The third-order valence-electron chi connectivity index (χ3n) is 3.98. The molecule has 2 aromatic heterocycles. The van der Waals surface area contributed by atoms with Crippen molar-refractivity contribution in [3.63, 3.8) is 0 Å². The van der Waals surface area contributed by atoms with Crippen LogP contribution in [-0.2, 0) is 10.0 Å². The summed E-state index contributed by atoms with van der Waals surface area (Å²) in [6.07, 6.45) is 0. The number of halogens is 1. The molecule has 1 N–H and O–H groups in total. The van der Waals surface area contributed by atoms with Gasteiger partial charge in [-0.25, -0.2) is 8.42 Å². The number of aryl methyl sites for hydroxylation is 1. The molecule has 4 rings (SSSR count). The van der Waals surface area contributed by atoms with Gasteiger partial charge in [0.25, 0.3) is 10.0 Å². The van der Waals surface area contributed by atoms with Crippen LogP contribution in [-0.4, -0.2) is 28.2 Å². The summed E-state index contributed by atoms with van der Waals surface area (Å²) < 4.78 is 30.0. The van der Waals surface area contributed by atoms with Gasteiger partial charge in [-0.1, -0.05) is 28.1 Å². The molecule has 0 radical (unpaired) electrons. The first-order valence-corrected chi connectivity index (χ1v) is 10.3. The van der Waals surface area contributed by atoms with Crippen molar-refractivity contribution >= 4 is 37.3 Å². The van der Waals surface area contributed by atoms with Crippen LogP contribution in [0.3, 0.4) is 0 Å². The number of anilines is 1. The predicted octanol–water partition coefficient (Wildman–Crippen LogP) is 3.66. The van der Waals surface area contributed by atoms with Crippen molar-refractivity contribution in [3.8, 4) is 11.3 Å². The molecule has 0 amide bonds. The van der Waals surface area contributed by atoms with Crippen molar-refractivity contribution in [2.45, 2.75) is 11.8 Å². The minimum atomic E-state index is -3.64. The number of benzene rings is 2.